The zero-order valence-electron chi connectivity index (χ0n) is 20.5. The van der Waals surface area contributed by atoms with Gasteiger partial charge in [-0.25, -0.2) is 0 Å². The van der Waals surface area contributed by atoms with Crippen LogP contribution in [-0.4, -0.2) is 18.3 Å². The standard InChI is InChI=1S/C31H27BO3/c1-29(2)30(3,4)35-32(34-29)25-17-11-16-24-28(25)20-12-5-6-13-21(20)31(24)22-14-7-9-18-26(22)33-27-19-10-8-15-23(27)31/h5-19H,1-4H3. The molecule has 1 aliphatic carbocycles. The summed E-state index contributed by atoms with van der Waals surface area (Å²) in [6.45, 7) is 8.43. The topological polar surface area (TPSA) is 27.7 Å². The van der Waals surface area contributed by atoms with Crippen LogP contribution in [0, 0.1) is 0 Å². The summed E-state index contributed by atoms with van der Waals surface area (Å²) in [6, 6.07) is 32.2. The van der Waals surface area contributed by atoms with Crippen molar-refractivity contribution < 1.29 is 14.0 Å². The third-order valence-electron chi connectivity index (χ3n) is 8.41. The lowest BCUT2D eigenvalue weighted by Gasteiger charge is -2.39. The Kier molecular flexibility index (Phi) is 4.12. The molecule has 7 rings (SSSR count). The van der Waals surface area contributed by atoms with E-state index in [1.807, 2.05) is 12.1 Å². The second-order valence-electron chi connectivity index (χ2n) is 10.7. The van der Waals surface area contributed by atoms with Crippen LogP contribution < -0.4 is 10.2 Å². The van der Waals surface area contributed by atoms with Crippen molar-refractivity contribution >= 4 is 12.6 Å². The van der Waals surface area contributed by atoms with E-state index >= 15 is 0 Å². The molecule has 3 nitrogen and oxygen atoms in total. The number of fused-ring (bicyclic) bond motifs is 9. The van der Waals surface area contributed by atoms with Crippen molar-refractivity contribution in [3.8, 4) is 22.6 Å². The zero-order chi connectivity index (χ0) is 24.0. The lowest BCUT2D eigenvalue weighted by atomic mass is 9.65. The van der Waals surface area contributed by atoms with Gasteiger partial charge in [0.2, 0.25) is 0 Å². The zero-order valence-corrected chi connectivity index (χ0v) is 20.5. The molecule has 0 atom stereocenters. The highest BCUT2D eigenvalue weighted by molar-refractivity contribution is 6.64. The van der Waals surface area contributed by atoms with Crippen LogP contribution in [0.4, 0.5) is 0 Å². The van der Waals surface area contributed by atoms with Crippen molar-refractivity contribution in [3.05, 3.63) is 113 Å². The van der Waals surface area contributed by atoms with Crippen LogP contribution in [0.2, 0.25) is 0 Å². The summed E-state index contributed by atoms with van der Waals surface area (Å²) < 4.78 is 19.5. The van der Waals surface area contributed by atoms with Crippen molar-refractivity contribution in [3.63, 3.8) is 0 Å². The number of ether oxygens (including phenoxy) is 1. The summed E-state index contributed by atoms with van der Waals surface area (Å²) in [7, 11) is -0.441. The third-order valence-corrected chi connectivity index (χ3v) is 8.41. The van der Waals surface area contributed by atoms with Crippen LogP contribution in [0.5, 0.6) is 11.5 Å². The Bertz CT molecular complexity index is 1440. The van der Waals surface area contributed by atoms with Crippen LogP contribution >= 0.6 is 0 Å². The first kappa shape index (κ1) is 21.0. The van der Waals surface area contributed by atoms with Crippen molar-refractivity contribution in [2.24, 2.45) is 0 Å². The SMILES string of the molecule is CC1(C)OB(c2cccc3c2-c2ccccc2C32c3ccccc3Oc3ccccc32)OC1(C)C. The van der Waals surface area contributed by atoms with E-state index in [4.69, 9.17) is 14.0 Å². The van der Waals surface area contributed by atoms with E-state index in [0.29, 0.717) is 0 Å². The quantitative estimate of drug-likeness (QED) is 0.265. The van der Waals surface area contributed by atoms with Gasteiger partial charge in [-0.05, 0) is 67.5 Å². The maximum atomic E-state index is 6.56. The van der Waals surface area contributed by atoms with Gasteiger partial charge in [-0.15, -0.1) is 0 Å². The molecular weight excluding hydrogens is 431 g/mol. The van der Waals surface area contributed by atoms with Crippen LogP contribution in [-0.2, 0) is 14.7 Å². The molecule has 1 saturated heterocycles. The molecule has 4 aromatic carbocycles. The minimum atomic E-state index is -0.475. The molecule has 4 heteroatoms. The molecule has 35 heavy (non-hydrogen) atoms. The molecule has 0 radical (unpaired) electrons. The molecule has 2 aliphatic heterocycles. The van der Waals surface area contributed by atoms with E-state index in [9.17, 15) is 0 Å². The number of rotatable bonds is 1. The van der Waals surface area contributed by atoms with Gasteiger partial charge in [0.25, 0.3) is 0 Å². The van der Waals surface area contributed by atoms with Crippen molar-refractivity contribution in [1.29, 1.82) is 0 Å². The summed E-state index contributed by atoms with van der Waals surface area (Å²) in [5.41, 5.74) is 7.04. The number of benzene rings is 4. The Labute approximate surface area is 206 Å². The second-order valence-corrected chi connectivity index (χ2v) is 10.7. The summed E-state index contributed by atoms with van der Waals surface area (Å²) in [5, 5.41) is 0. The molecule has 0 saturated carbocycles. The number of para-hydroxylation sites is 2. The monoisotopic (exact) mass is 458 g/mol. The Morgan fingerprint density at radius 1 is 0.543 bits per heavy atom. The van der Waals surface area contributed by atoms with Gasteiger partial charge in [0, 0.05) is 11.1 Å². The molecular formula is C31H27BO3. The van der Waals surface area contributed by atoms with Gasteiger partial charge in [0.05, 0.1) is 16.6 Å². The molecule has 4 aromatic rings. The van der Waals surface area contributed by atoms with Crippen LogP contribution in [0.3, 0.4) is 0 Å². The Hall–Kier alpha value is -3.34. The molecule has 3 aliphatic rings. The molecule has 0 bridgehead atoms. The third kappa shape index (κ3) is 2.59. The van der Waals surface area contributed by atoms with Gasteiger partial charge in [-0.3, -0.25) is 0 Å². The summed E-state index contributed by atoms with van der Waals surface area (Å²) in [4.78, 5) is 0. The van der Waals surface area contributed by atoms with Gasteiger partial charge in [0.15, 0.2) is 0 Å². The molecule has 0 N–H and O–H groups in total. The predicted octanol–water partition coefficient (Wildman–Crippen LogP) is 6.45. The molecule has 172 valence electrons. The lowest BCUT2D eigenvalue weighted by molar-refractivity contribution is 0.00578. The fourth-order valence-corrected chi connectivity index (χ4v) is 6.10. The normalized spacial score (nSPS) is 19.5. The molecule has 1 fully saturated rings. The van der Waals surface area contributed by atoms with E-state index in [1.165, 1.54) is 22.3 Å². The van der Waals surface area contributed by atoms with Gasteiger partial charge in [-0.2, -0.15) is 0 Å². The van der Waals surface area contributed by atoms with Gasteiger partial charge >= 0.3 is 7.12 Å². The largest absolute Gasteiger partial charge is 0.495 e. The first-order chi connectivity index (χ1) is 16.8. The summed E-state index contributed by atoms with van der Waals surface area (Å²) >= 11 is 0. The highest BCUT2D eigenvalue weighted by atomic mass is 16.7. The number of hydrogen-bond donors (Lipinski definition) is 0. The number of hydrogen-bond acceptors (Lipinski definition) is 3. The smallest absolute Gasteiger partial charge is 0.457 e. The second kappa shape index (κ2) is 6.87. The maximum Gasteiger partial charge on any atom is 0.495 e. The van der Waals surface area contributed by atoms with Gasteiger partial charge in [0.1, 0.15) is 11.5 Å². The maximum absolute atomic E-state index is 6.56. The highest BCUT2D eigenvalue weighted by Crippen LogP contribution is 2.61. The Morgan fingerprint density at radius 2 is 1.06 bits per heavy atom. The first-order valence-electron chi connectivity index (χ1n) is 12.3. The minimum absolute atomic E-state index is 0.409. The molecule has 0 aromatic heterocycles. The first-order valence-corrected chi connectivity index (χ1v) is 12.3. The molecule has 1 spiro atoms. The fraction of sp³-hybridized carbons (Fsp3) is 0.226. The van der Waals surface area contributed by atoms with Crippen molar-refractivity contribution in [2.75, 3.05) is 0 Å². The Balaban J connectivity index is 1.58. The minimum Gasteiger partial charge on any atom is -0.457 e. The molecule has 0 unspecified atom stereocenters. The van der Waals surface area contributed by atoms with E-state index in [0.717, 1.165) is 28.1 Å². The average molecular weight is 458 g/mol. The van der Waals surface area contributed by atoms with Crippen LogP contribution in [0.25, 0.3) is 11.1 Å². The van der Waals surface area contributed by atoms with Crippen LogP contribution in [0.1, 0.15) is 49.9 Å². The summed E-state index contributed by atoms with van der Waals surface area (Å²) in [5.74, 6) is 1.80. The molecule has 0 amide bonds. The van der Waals surface area contributed by atoms with Gasteiger partial charge < -0.3 is 14.0 Å². The predicted molar refractivity (Wildman–Crippen MR) is 140 cm³/mol. The van der Waals surface area contributed by atoms with Gasteiger partial charge in [-0.1, -0.05) is 78.9 Å². The van der Waals surface area contributed by atoms with E-state index in [1.54, 1.807) is 0 Å². The van der Waals surface area contributed by atoms with Crippen molar-refractivity contribution in [2.45, 2.75) is 44.3 Å². The highest BCUT2D eigenvalue weighted by Gasteiger charge is 2.56. The molecule has 2 heterocycles. The van der Waals surface area contributed by atoms with E-state index in [2.05, 4.69) is 107 Å². The van der Waals surface area contributed by atoms with Crippen LogP contribution in [0.15, 0.2) is 91.0 Å². The van der Waals surface area contributed by atoms with E-state index < -0.39 is 23.7 Å². The van der Waals surface area contributed by atoms with Crippen molar-refractivity contribution in [1.82, 2.24) is 0 Å². The Morgan fingerprint density at radius 3 is 1.69 bits per heavy atom. The fourth-order valence-electron chi connectivity index (χ4n) is 6.10. The van der Waals surface area contributed by atoms with E-state index in [-0.39, 0.29) is 0 Å². The average Bonchev–Trinajstić information content (AvgIpc) is 3.27. The summed E-state index contributed by atoms with van der Waals surface area (Å²) in [6.07, 6.45) is 0. The lowest BCUT2D eigenvalue weighted by Crippen LogP contribution is -2.41.